The molecule has 0 aliphatic heterocycles. The number of furan rings is 1. The van der Waals surface area contributed by atoms with Gasteiger partial charge in [0.05, 0.1) is 5.56 Å². The van der Waals surface area contributed by atoms with Crippen LogP contribution >= 0.6 is 0 Å². The first kappa shape index (κ1) is 13.7. The van der Waals surface area contributed by atoms with Crippen LogP contribution in [0.4, 0.5) is 13.2 Å². The van der Waals surface area contributed by atoms with Crippen LogP contribution < -0.4 is 0 Å². The molecule has 3 aromatic rings. The fraction of sp³-hybridized carbons (Fsp3) is 0.125. The monoisotopic (exact) mass is 292 g/mol. The highest BCUT2D eigenvalue weighted by Gasteiger charge is 2.30. The van der Waals surface area contributed by atoms with Gasteiger partial charge >= 0.3 is 6.18 Å². The molecule has 21 heavy (non-hydrogen) atoms. The van der Waals surface area contributed by atoms with E-state index in [0.717, 1.165) is 17.5 Å². The molecule has 0 fully saturated rings. The van der Waals surface area contributed by atoms with Gasteiger partial charge in [-0.25, -0.2) is 0 Å². The van der Waals surface area contributed by atoms with Gasteiger partial charge in [-0.1, -0.05) is 30.3 Å². The van der Waals surface area contributed by atoms with E-state index in [0.29, 0.717) is 16.9 Å². The highest BCUT2D eigenvalue weighted by atomic mass is 19.4. The Morgan fingerprint density at radius 2 is 1.62 bits per heavy atom. The quantitative estimate of drug-likeness (QED) is 0.752. The summed E-state index contributed by atoms with van der Waals surface area (Å²) in [6.07, 6.45) is -5.48. The summed E-state index contributed by atoms with van der Waals surface area (Å²) in [5, 5.41) is 11.0. The molecule has 1 heterocycles. The van der Waals surface area contributed by atoms with Crippen molar-refractivity contribution in [1.29, 1.82) is 0 Å². The van der Waals surface area contributed by atoms with Crippen LogP contribution in [0.15, 0.2) is 59.0 Å². The maximum atomic E-state index is 12.5. The number of alkyl halides is 3. The predicted molar refractivity (Wildman–Crippen MR) is 71.7 cm³/mol. The fourth-order valence-electron chi connectivity index (χ4n) is 2.16. The first-order valence-corrected chi connectivity index (χ1v) is 6.29. The molecule has 0 aliphatic carbocycles. The highest BCUT2D eigenvalue weighted by Crippen LogP contribution is 2.32. The molecule has 0 radical (unpaired) electrons. The molecule has 2 aromatic carbocycles. The number of aliphatic hydroxyl groups excluding tert-OH is 1. The molecular weight excluding hydrogens is 281 g/mol. The van der Waals surface area contributed by atoms with Crippen molar-refractivity contribution in [2.45, 2.75) is 12.3 Å². The summed E-state index contributed by atoms with van der Waals surface area (Å²) >= 11 is 0. The number of benzene rings is 2. The van der Waals surface area contributed by atoms with E-state index < -0.39 is 17.8 Å². The molecular formula is C16H11F3O2. The number of para-hydroxylation sites is 1. The maximum Gasteiger partial charge on any atom is 0.416 e. The van der Waals surface area contributed by atoms with Crippen molar-refractivity contribution < 1.29 is 22.7 Å². The largest absolute Gasteiger partial charge is 0.458 e. The lowest BCUT2D eigenvalue weighted by Gasteiger charge is -2.10. The third-order valence-corrected chi connectivity index (χ3v) is 3.27. The summed E-state index contributed by atoms with van der Waals surface area (Å²) in [4.78, 5) is 0. The van der Waals surface area contributed by atoms with E-state index in [1.54, 1.807) is 18.2 Å². The van der Waals surface area contributed by atoms with Gasteiger partial charge in [0.1, 0.15) is 17.4 Å². The van der Waals surface area contributed by atoms with Crippen LogP contribution in [0.3, 0.4) is 0 Å². The van der Waals surface area contributed by atoms with Crippen molar-refractivity contribution in [3.63, 3.8) is 0 Å². The summed E-state index contributed by atoms with van der Waals surface area (Å²) in [6, 6.07) is 13.3. The van der Waals surface area contributed by atoms with Crippen LogP contribution in [0.2, 0.25) is 0 Å². The number of hydrogen-bond donors (Lipinski definition) is 1. The minimum Gasteiger partial charge on any atom is -0.458 e. The topological polar surface area (TPSA) is 33.4 Å². The average molecular weight is 292 g/mol. The molecule has 5 heteroatoms. The molecule has 0 spiro atoms. The second kappa shape index (κ2) is 4.93. The first-order chi connectivity index (χ1) is 9.95. The van der Waals surface area contributed by atoms with Crippen molar-refractivity contribution >= 4 is 11.0 Å². The van der Waals surface area contributed by atoms with Crippen molar-refractivity contribution in [3.05, 3.63) is 71.5 Å². The van der Waals surface area contributed by atoms with E-state index in [4.69, 9.17) is 4.42 Å². The van der Waals surface area contributed by atoms with Gasteiger partial charge in [-0.05, 0) is 29.8 Å². The van der Waals surface area contributed by atoms with E-state index in [1.807, 2.05) is 12.1 Å². The summed E-state index contributed by atoms with van der Waals surface area (Å²) < 4.78 is 43.0. The third-order valence-electron chi connectivity index (χ3n) is 3.27. The van der Waals surface area contributed by atoms with Gasteiger partial charge in [-0.3, -0.25) is 0 Å². The Kier molecular flexibility index (Phi) is 3.22. The molecule has 1 atom stereocenters. The fourth-order valence-corrected chi connectivity index (χ4v) is 2.16. The molecule has 0 bridgehead atoms. The van der Waals surface area contributed by atoms with Gasteiger partial charge in [0.15, 0.2) is 0 Å². The molecule has 1 aromatic heterocycles. The second-order valence-electron chi connectivity index (χ2n) is 4.71. The Labute approximate surface area is 118 Å². The summed E-state index contributed by atoms with van der Waals surface area (Å²) in [5.41, 5.74) is 0.226. The first-order valence-electron chi connectivity index (χ1n) is 6.29. The van der Waals surface area contributed by atoms with E-state index in [1.165, 1.54) is 12.1 Å². The number of hydrogen-bond acceptors (Lipinski definition) is 2. The van der Waals surface area contributed by atoms with Crippen molar-refractivity contribution in [3.8, 4) is 0 Å². The van der Waals surface area contributed by atoms with Gasteiger partial charge in [0, 0.05) is 5.39 Å². The van der Waals surface area contributed by atoms with Gasteiger partial charge in [0.2, 0.25) is 0 Å². The SMILES string of the molecule is OC(c1ccc(C(F)(F)F)cc1)c1cc2ccccc2o1. The lowest BCUT2D eigenvalue weighted by Crippen LogP contribution is -2.05. The van der Waals surface area contributed by atoms with E-state index >= 15 is 0 Å². The zero-order chi connectivity index (χ0) is 15.0. The number of halogens is 3. The van der Waals surface area contributed by atoms with Gasteiger partial charge < -0.3 is 9.52 Å². The van der Waals surface area contributed by atoms with Gasteiger partial charge in [0.25, 0.3) is 0 Å². The zero-order valence-electron chi connectivity index (χ0n) is 10.8. The average Bonchev–Trinajstić information content (AvgIpc) is 2.89. The minimum atomic E-state index is -4.39. The Morgan fingerprint density at radius 1 is 0.952 bits per heavy atom. The molecule has 0 aliphatic rings. The number of fused-ring (bicyclic) bond motifs is 1. The summed E-state index contributed by atoms with van der Waals surface area (Å²) in [7, 11) is 0. The van der Waals surface area contributed by atoms with E-state index in [9.17, 15) is 18.3 Å². The van der Waals surface area contributed by atoms with Crippen LogP contribution in [0.25, 0.3) is 11.0 Å². The van der Waals surface area contributed by atoms with E-state index in [2.05, 4.69) is 0 Å². The summed E-state index contributed by atoms with van der Waals surface area (Å²) in [6.45, 7) is 0. The van der Waals surface area contributed by atoms with Crippen molar-refractivity contribution in [2.24, 2.45) is 0 Å². The Bertz CT molecular complexity index is 724. The third kappa shape index (κ3) is 2.64. The predicted octanol–water partition coefficient (Wildman–Crippen LogP) is 4.53. The van der Waals surface area contributed by atoms with Gasteiger partial charge in [-0.2, -0.15) is 13.2 Å². The lowest BCUT2D eigenvalue weighted by molar-refractivity contribution is -0.137. The molecule has 1 unspecified atom stereocenters. The molecule has 0 amide bonds. The van der Waals surface area contributed by atoms with Crippen LogP contribution in [0, 0.1) is 0 Å². The Balaban J connectivity index is 1.92. The Hall–Kier alpha value is -2.27. The molecule has 2 nitrogen and oxygen atoms in total. The number of aliphatic hydroxyl groups is 1. The molecule has 3 rings (SSSR count). The molecule has 108 valence electrons. The second-order valence-corrected chi connectivity index (χ2v) is 4.71. The van der Waals surface area contributed by atoms with E-state index in [-0.39, 0.29) is 0 Å². The molecule has 0 saturated carbocycles. The lowest BCUT2D eigenvalue weighted by atomic mass is 10.0. The molecule has 0 saturated heterocycles. The normalized spacial score (nSPS) is 13.5. The van der Waals surface area contributed by atoms with Crippen molar-refractivity contribution in [2.75, 3.05) is 0 Å². The molecule has 1 N–H and O–H groups in total. The Morgan fingerprint density at radius 3 is 2.24 bits per heavy atom. The zero-order valence-corrected chi connectivity index (χ0v) is 10.8. The minimum absolute atomic E-state index is 0.302. The summed E-state index contributed by atoms with van der Waals surface area (Å²) in [5.74, 6) is 0.302. The van der Waals surface area contributed by atoms with Crippen LogP contribution in [0.1, 0.15) is 23.0 Å². The standard InChI is InChI=1S/C16H11F3O2/c17-16(18,19)12-7-5-10(6-8-12)15(20)14-9-11-3-1-2-4-13(11)21-14/h1-9,15,20H. The van der Waals surface area contributed by atoms with Crippen LogP contribution in [-0.4, -0.2) is 5.11 Å². The smallest absolute Gasteiger partial charge is 0.416 e. The highest BCUT2D eigenvalue weighted by molar-refractivity contribution is 5.77. The number of rotatable bonds is 2. The van der Waals surface area contributed by atoms with Gasteiger partial charge in [-0.15, -0.1) is 0 Å². The van der Waals surface area contributed by atoms with Crippen molar-refractivity contribution in [1.82, 2.24) is 0 Å². The van der Waals surface area contributed by atoms with Crippen LogP contribution in [-0.2, 0) is 6.18 Å². The van der Waals surface area contributed by atoms with Crippen LogP contribution in [0.5, 0.6) is 0 Å². The maximum absolute atomic E-state index is 12.5.